The molecule has 1 aliphatic rings. The van der Waals surface area contributed by atoms with Crippen LogP contribution in [0.3, 0.4) is 0 Å². The van der Waals surface area contributed by atoms with Crippen molar-refractivity contribution >= 4 is 46.8 Å². The second-order valence-electron chi connectivity index (χ2n) is 20.3. The number of ether oxygens (including phenoxy) is 3. The van der Waals surface area contributed by atoms with E-state index in [1.165, 1.54) is 0 Å². The van der Waals surface area contributed by atoms with Gasteiger partial charge in [0.25, 0.3) is 0 Å². The molecule has 16 nitrogen and oxygen atoms in total. The largest absolute Gasteiger partial charge is 0.488 e. The van der Waals surface area contributed by atoms with Crippen molar-refractivity contribution < 1.29 is 48.1 Å². The Kier molecular flexibility index (Phi) is 17.5. The van der Waals surface area contributed by atoms with E-state index in [1.54, 1.807) is 65.1 Å². The standard InChI is InChI=1S/C55H68N6O10/c1-33(2)47(51(65)66)61-48(62)44(23-15-16-28-56-52(67)71-55(6,7)8)58-50(64)46(30-35-31-57-43-22-14-13-17-37(35)43)59-49(63)45(29-34-24-26-36(27-25-34)70-54(3,4)5)60-53(68)69-32-42-40-20-11-9-18-38(40)39-19-10-12-21-41(39)42/h9-14,17-22,24-27,31,33,42,44-47,57H,15-16,23,28-30,32H2,1-8H3,(H,56,67)(H,58,64)(H,59,63)(H,60,68)(H,61,62)(H,65,66)/t44-,45-,46+,47-/m0/s1. The fraction of sp³-hybridized carbons (Fsp3) is 0.418. The quantitative estimate of drug-likeness (QED) is 0.0352. The molecule has 6 rings (SSSR count). The molecule has 1 aliphatic carbocycles. The maximum absolute atomic E-state index is 14.7. The molecule has 0 aliphatic heterocycles. The van der Waals surface area contributed by atoms with Gasteiger partial charge in [0.05, 0.1) is 0 Å². The number of unbranched alkanes of at least 4 members (excludes halogenated alkanes) is 1. The normalized spacial score (nSPS) is 14.0. The summed E-state index contributed by atoms with van der Waals surface area (Å²) in [6.45, 7) is 14.6. The zero-order valence-electron chi connectivity index (χ0n) is 41.9. The molecule has 4 aromatic carbocycles. The Morgan fingerprint density at radius 2 is 1.23 bits per heavy atom. The van der Waals surface area contributed by atoms with E-state index in [4.69, 9.17) is 14.2 Å². The van der Waals surface area contributed by atoms with Crippen LogP contribution in [0.4, 0.5) is 9.59 Å². The molecule has 0 spiro atoms. The third kappa shape index (κ3) is 15.1. The fourth-order valence-electron chi connectivity index (χ4n) is 8.56. The van der Waals surface area contributed by atoms with Crippen molar-refractivity contribution in [2.24, 2.45) is 5.92 Å². The van der Waals surface area contributed by atoms with Crippen LogP contribution in [-0.2, 0) is 41.5 Å². The lowest BCUT2D eigenvalue weighted by atomic mass is 9.98. The fourth-order valence-corrected chi connectivity index (χ4v) is 8.56. The maximum Gasteiger partial charge on any atom is 0.407 e. The van der Waals surface area contributed by atoms with Crippen molar-refractivity contribution in [2.75, 3.05) is 13.2 Å². The summed E-state index contributed by atoms with van der Waals surface area (Å²) in [5.41, 5.74) is 5.17. The molecule has 5 amide bonds. The van der Waals surface area contributed by atoms with Gasteiger partial charge in [0.2, 0.25) is 17.7 Å². The minimum absolute atomic E-state index is 0.00129. The number of amides is 5. The molecule has 0 saturated heterocycles. The number of aliphatic carboxylic acids is 1. The molecule has 0 unspecified atom stereocenters. The zero-order valence-corrected chi connectivity index (χ0v) is 41.9. The Labute approximate surface area is 415 Å². The summed E-state index contributed by atoms with van der Waals surface area (Å²) >= 11 is 0. The van der Waals surface area contributed by atoms with Gasteiger partial charge < -0.3 is 50.9 Å². The van der Waals surface area contributed by atoms with Crippen molar-refractivity contribution in [3.05, 3.63) is 126 Å². The highest BCUT2D eigenvalue weighted by molar-refractivity contribution is 5.95. The average molecular weight is 973 g/mol. The number of para-hydroxylation sites is 1. The molecular weight excluding hydrogens is 905 g/mol. The number of hydrogen-bond donors (Lipinski definition) is 7. The summed E-state index contributed by atoms with van der Waals surface area (Å²) < 4.78 is 17.2. The first-order chi connectivity index (χ1) is 33.7. The van der Waals surface area contributed by atoms with E-state index in [0.29, 0.717) is 29.7 Å². The van der Waals surface area contributed by atoms with Gasteiger partial charge >= 0.3 is 18.2 Å². The average Bonchev–Trinajstić information content (AvgIpc) is 3.86. The lowest BCUT2D eigenvalue weighted by Crippen LogP contribution is -2.59. The lowest BCUT2D eigenvalue weighted by molar-refractivity contribution is -0.143. The Balaban J connectivity index is 1.26. The predicted octanol–water partition coefficient (Wildman–Crippen LogP) is 7.93. The number of carbonyl (C=O) groups is 6. The molecule has 5 aromatic rings. The number of nitrogens with one attached hydrogen (secondary N) is 6. The second kappa shape index (κ2) is 23.5. The topological polar surface area (TPSA) is 226 Å². The number of hydrogen-bond acceptors (Lipinski definition) is 9. The summed E-state index contributed by atoms with van der Waals surface area (Å²) in [5, 5.41) is 24.5. The third-order valence-corrected chi connectivity index (χ3v) is 11.9. The van der Waals surface area contributed by atoms with Crippen LogP contribution < -0.4 is 31.3 Å². The highest BCUT2D eigenvalue weighted by Crippen LogP contribution is 2.44. The molecule has 378 valence electrons. The molecule has 4 atom stereocenters. The van der Waals surface area contributed by atoms with E-state index in [1.807, 2.05) is 93.6 Å². The molecule has 1 aromatic heterocycles. The Morgan fingerprint density at radius 1 is 0.648 bits per heavy atom. The molecule has 0 radical (unpaired) electrons. The van der Waals surface area contributed by atoms with E-state index < -0.39 is 77.2 Å². The minimum Gasteiger partial charge on any atom is -0.488 e. The number of alkyl carbamates (subject to hydrolysis) is 2. The van der Waals surface area contributed by atoms with Crippen LogP contribution in [0.15, 0.2) is 103 Å². The Bertz CT molecular complexity index is 2620. The monoisotopic (exact) mass is 972 g/mol. The first-order valence-electron chi connectivity index (χ1n) is 24.2. The molecule has 1 heterocycles. The summed E-state index contributed by atoms with van der Waals surface area (Å²) in [6.07, 6.45) is 1.06. The van der Waals surface area contributed by atoms with Crippen LogP contribution in [0, 0.1) is 5.92 Å². The number of fused-ring (bicyclic) bond motifs is 4. The van der Waals surface area contributed by atoms with Gasteiger partial charge in [-0.2, -0.15) is 0 Å². The van der Waals surface area contributed by atoms with Gasteiger partial charge in [-0.1, -0.05) is 92.7 Å². The van der Waals surface area contributed by atoms with Gasteiger partial charge in [-0.3, -0.25) is 14.4 Å². The number of carboxylic acids is 1. The van der Waals surface area contributed by atoms with Gasteiger partial charge in [0, 0.05) is 42.4 Å². The van der Waals surface area contributed by atoms with E-state index in [9.17, 15) is 33.9 Å². The number of carboxylic acid groups (broad SMARTS) is 1. The van der Waals surface area contributed by atoms with Gasteiger partial charge in [0.1, 0.15) is 47.7 Å². The van der Waals surface area contributed by atoms with Crippen molar-refractivity contribution in [1.82, 2.24) is 31.6 Å². The van der Waals surface area contributed by atoms with Crippen molar-refractivity contribution in [3.8, 4) is 16.9 Å². The van der Waals surface area contributed by atoms with Crippen LogP contribution in [0.2, 0.25) is 0 Å². The SMILES string of the molecule is CC(C)[C@H](NC(=O)[C@H](CCCCNC(=O)OC(C)(C)C)NC(=O)[C@@H](Cc1c[nH]c2ccccc12)NC(=O)[C@H](Cc1ccc(OC(C)(C)C)cc1)NC(=O)OCC1c2ccccc2-c2ccccc21)C(=O)O. The first-order valence-corrected chi connectivity index (χ1v) is 24.2. The number of rotatable bonds is 21. The molecular formula is C55H68N6O10. The van der Waals surface area contributed by atoms with Gasteiger partial charge in [0.15, 0.2) is 0 Å². The summed E-state index contributed by atoms with van der Waals surface area (Å²) in [5.74, 6) is -3.51. The molecule has 0 saturated carbocycles. The smallest absolute Gasteiger partial charge is 0.407 e. The molecule has 0 bridgehead atoms. The Hall–Kier alpha value is -7.36. The van der Waals surface area contributed by atoms with E-state index in [0.717, 1.165) is 33.2 Å². The minimum atomic E-state index is -1.31. The van der Waals surface area contributed by atoms with Crippen LogP contribution in [-0.4, -0.2) is 94.5 Å². The molecule has 7 N–H and O–H groups in total. The summed E-state index contributed by atoms with van der Waals surface area (Å²) in [4.78, 5) is 85.0. The molecule has 0 fully saturated rings. The van der Waals surface area contributed by atoms with Crippen molar-refractivity contribution in [2.45, 2.75) is 129 Å². The lowest BCUT2D eigenvalue weighted by Gasteiger charge is -2.27. The van der Waals surface area contributed by atoms with Gasteiger partial charge in [-0.15, -0.1) is 0 Å². The molecule has 16 heteroatoms. The highest BCUT2D eigenvalue weighted by Gasteiger charge is 2.34. The molecule has 71 heavy (non-hydrogen) atoms. The van der Waals surface area contributed by atoms with Gasteiger partial charge in [-0.05, 0) is 118 Å². The van der Waals surface area contributed by atoms with Crippen molar-refractivity contribution in [1.29, 1.82) is 0 Å². The zero-order chi connectivity index (χ0) is 51.5. The van der Waals surface area contributed by atoms with Gasteiger partial charge in [-0.25, -0.2) is 14.4 Å². The number of aromatic nitrogens is 1. The third-order valence-electron chi connectivity index (χ3n) is 11.9. The van der Waals surface area contributed by atoms with E-state index >= 15 is 0 Å². The van der Waals surface area contributed by atoms with Crippen molar-refractivity contribution in [3.63, 3.8) is 0 Å². The maximum atomic E-state index is 14.7. The predicted molar refractivity (Wildman–Crippen MR) is 271 cm³/mol. The number of H-pyrrole nitrogens is 1. The first kappa shape index (κ1) is 53.0. The second-order valence-corrected chi connectivity index (χ2v) is 20.3. The Morgan fingerprint density at radius 3 is 1.83 bits per heavy atom. The summed E-state index contributed by atoms with van der Waals surface area (Å²) in [6, 6.07) is 25.5. The van der Waals surface area contributed by atoms with Crippen LogP contribution >= 0.6 is 0 Å². The van der Waals surface area contributed by atoms with Crippen LogP contribution in [0.25, 0.3) is 22.0 Å². The highest BCUT2D eigenvalue weighted by atomic mass is 16.6. The van der Waals surface area contributed by atoms with E-state index in [2.05, 4.69) is 31.6 Å². The van der Waals surface area contributed by atoms with E-state index in [-0.39, 0.29) is 38.3 Å². The van der Waals surface area contributed by atoms with Crippen LogP contribution in [0.5, 0.6) is 5.75 Å². The number of aromatic amines is 1. The number of benzene rings is 4. The number of carbonyl (C=O) groups excluding carboxylic acids is 5. The summed E-state index contributed by atoms with van der Waals surface area (Å²) in [7, 11) is 0. The van der Waals surface area contributed by atoms with Crippen LogP contribution in [0.1, 0.15) is 103 Å².